The van der Waals surface area contributed by atoms with E-state index in [1.54, 1.807) is 29.3 Å². The number of amides is 1. The van der Waals surface area contributed by atoms with Crippen molar-refractivity contribution in [3.05, 3.63) is 65.9 Å². The number of aromatic nitrogens is 3. The summed E-state index contributed by atoms with van der Waals surface area (Å²) < 4.78 is 18.7. The summed E-state index contributed by atoms with van der Waals surface area (Å²) in [7, 11) is 0. The largest absolute Gasteiger partial charge is 0.338 e. The number of carbonyl (C=O) groups excluding carboxylic acids is 1. The van der Waals surface area contributed by atoms with Crippen molar-refractivity contribution in [3.8, 4) is 11.6 Å². The summed E-state index contributed by atoms with van der Waals surface area (Å²) in [5.74, 6) is 0.337. The molecule has 0 bridgehead atoms. The van der Waals surface area contributed by atoms with Gasteiger partial charge in [0.05, 0.1) is 0 Å². The molecular formula is C19H17FN4O2. The molecule has 0 spiro atoms. The zero-order valence-electron chi connectivity index (χ0n) is 14.0. The number of piperidine rings is 1. The third-order valence-corrected chi connectivity index (χ3v) is 4.47. The van der Waals surface area contributed by atoms with E-state index >= 15 is 0 Å². The first-order chi connectivity index (χ1) is 12.7. The van der Waals surface area contributed by atoms with Gasteiger partial charge in [-0.25, -0.2) is 4.39 Å². The van der Waals surface area contributed by atoms with Crippen LogP contribution in [0, 0.1) is 5.82 Å². The highest BCUT2D eigenvalue weighted by atomic mass is 19.1. The molecule has 0 radical (unpaired) electrons. The second-order valence-electron chi connectivity index (χ2n) is 6.27. The van der Waals surface area contributed by atoms with Gasteiger partial charge in [0.2, 0.25) is 0 Å². The van der Waals surface area contributed by atoms with E-state index in [-0.39, 0.29) is 11.8 Å². The number of rotatable bonds is 3. The number of benzene rings is 1. The maximum atomic E-state index is 13.4. The van der Waals surface area contributed by atoms with Crippen molar-refractivity contribution < 1.29 is 13.7 Å². The fraction of sp³-hybridized carbons (Fsp3) is 0.263. The Labute approximate surface area is 149 Å². The Bertz CT molecular complexity index is 913. The topological polar surface area (TPSA) is 72.1 Å². The molecule has 7 heteroatoms. The summed E-state index contributed by atoms with van der Waals surface area (Å²) in [5.41, 5.74) is 0.975. The molecule has 1 aliphatic rings. The molecule has 1 fully saturated rings. The fourth-order valence-electron chi connectivity index (χ4n) is 3.17. The van der Waals surface area contributed by atoms with Crippen molar-refractivity contribution in [1.29, 1.82) is 0 Å². The van der Waals surface area contributed by atoms with Crippen LogP contribution in [0.25, 0.3) is 11.6 Å². The second-order valence-corrected chi connectivity index (χ2v) is 6.27. The maximum absolute atomic E-state index is 13.4. The van der Waals surface area contributed by atoms with Gasteiger partial charge in [0, 0.05) is 30.8 Å². The van der Waals surface area contributed by atoms with E-state index in [2.05, 4.69) is 15.1 Å². The summed E-state index contributed by atoms with van der Waals surface area (Å²) in [6, 6.07) is 11.2. The highest BCUT2D eigenvalue weighted by Crippen LogP contribution is 2.27. The van der Waals surface area contributed by atoms with Crippen molar-refractivity contribution in [2.45, 2.75) is 18.8 Å². The normalized spacial score (nSPS) is 17.3. The monoisotopic (exact) mass is 352 g/mol. The van der Waals surface area contributed by atoms with Crippen LogP contribution < -0.4 is 0 Å². The smallest absolute Gasteiger partial charge is 0.276 e. The summed E-state index contributed by atoms with van der Waals surface area (Å²) in [5, 5.41) is 4.07. The Morgan fingerprint density at radius 3 is 2.96 bits per heavy atom. The van der Waals surface area contributed by atoms with Gasteiger partial charge in [0.15, 0.2) is 5.82 Å². The minimum atomic E-state index is -0.414. The number of hydrogen-bond donors (Lipinski definition) is 0. The van der Waals surface area contributed by atoms with Gasteiger partial charge in [-0.05, 0) is 43.2 Å². The molecule has 6 nitrogen and oxygen atoms in total. The molecule has 1 amide bonds. The predicted octanol–water partition coefficient (Wildman–Crippen LogP) is 3.29. The Kier molecular flexibility index (Phi) is 4.43. The average Bonchev–Trinajstić information content (AvgIpc) is 3.18. The number of halogens is 1. The predicted molar refractivity (Wildman–Crippen MR) is 91.8 cm³/mol. The zero-order valence-corrected chi connectivity index (χ0v) is 14.0. The standard InChI is InChI=1S/C19H17FN4O2/c20-15-7-3-5-13(11-15)19(25)24-10-4-6-14(12-24)17-22-18(26-23-17)16-8-1-2-9-21-16/h1-3,5,7-9,11,14H,4,6,10,12H2/t14-/m1/s1. The third-order valence-electron chi connectivity index (χ3n) is 4.47. The first-order valence-electron chi connectivity index (χ1n) is 8.50. The molecule has 132 valence electrons. The van der Waals surface area contributed by atoms with Gasteiger partial charge < -0.3 is 9.42 Å². The molecule has 3 heterocycles. The van der Waals surface area contributed by atoms with Crippen LogP contribution in [0.1, 0.15) is 34.9 Å². The van der Waals surface area contributed by atoms with E-state index in [0.717, 1.165) is 12.8 Å². The molecule has 1 aliphatic heterocycles. The first kappa shape index (κ1) is 16.4. The first-order valence-corrected chi connectivity index (χ1v) is 8.50. The van der Waals surface area contributed by atoms with Gasteiger partial charge in [-0.2, -0.15) is 4.98 Å². The van der Waals surface area contributed by atoms with E-state index < -0.39 is 5.82 Å². The number of hydrogen-bond acceptors (Lipinski definition) is 5. The molecule has 4 rings (SSSR count). The van der Waals surface area contributed by atoms with Crippen LogP contribution in [0.15, 0.2) is 53.2 Å². The minimum Gasteiger partial charge on any atom is -0.338 e. The molecule has 1 atom stereocenters. The quantitative estimate of drug-likeness (QED) is 0.723. The molecule has 0 unspecified atom stereocenters. The van der Waals surface area contributed by atoms with Crippen LogP contribution in [0.5, 0.6) is 0 Å². The van der Waals surface area contributed by atoms with E-state index in [1.807, 2.05) is 12.1 Å². The van der Waals surface area contributed by atoms with E-state index in [9.17, 15) is 9.18 Å². The number of likely N-dealkylation sites (tertiary alicyclic amines) is 1. The summed E-state index contributed by atoms with van der Waals surface area (Å²) >= 11 is 0. The average molecular weight is 352 g/mol. The molecule has 3 aromatic rings. The van der Waals surface area contributed by atoms with Crippen molar-refractivity contribution in [1.82, 2.24) is 20.0 Å². The van der Waals surface area contributed by atoms with Crippen molar-refractivity contribution in [2.24, 2.45) is 0 Å². The summed E-state index contributed by atoms with van der Waals surface area (Å²) in [4.78, 5) is 23.0. The molecule has 0 saturated carbocycles. The lowest BCUT2D eigenvalue weighted by Gasteiger charge is -2.31. The lowest BCUT2D eigenvalue weighted by atomic mass is 9.96. The molecule has 0 aliphatic carbocycles. The van der Waals surface area contributed by atoms with E-state index in [0.29, 0.717) is 36.1 Å². The van der Waals surface area contributed by atoms with Gasteiger partial charge in [-0.3, -0.25) is 9.78 Å². The van der Waals surface area contributed by atoms with Gasteiger partial charge in [0.25, 0.3) is 11.8 Å². The number of pyridine rings is 1. The van der Waals surface area contributed by atoms with Gasteiger partial charge >= 0.3 is 0 Å². The van der Waals surface area contributed by atoms with Crippen molar-refractivity contribution in [2.75, 3.05) is 13.1 Å². The van der Waals surface area contributed by atoms with Crippen LogP contribution in [-0.2, 0) is 0 Å². The molecular weight excluding hydrogens is 335 g/mol. The molecule has 2 aromatic heterocycles. The molecule has 1 saturated heterocycles. The molecule has 0 N–H and O–H groups in total. The third kappa shape index (κ3) is 3.33. The van der Waals surface area contributed by atoms with Crippen molar-refractivity contribution in [3.63, 3.8) is 0 Å². The summed E-state index contributed by atoms with van der Waals surface area (Å²) in [6.07, 6.45) is 3.37. The zero-order chi connectivity index (χ0) is 17.9. The van der Waals surface area contributed by atoms with Crippen molar-refractivity contribution >= 4 is 5.91 Å². The fourth-order valence-corrected chi connectivity index (χ4v) is 3.17. The molecule has 1 aromatic carbocycles. The Morgan fingerprint density at radius 2 is 2.15 bits per heavy atom. The number of carbonyl (C=O) groups is 1. The minimum absolute atomic E-state index is 0.0116. The maximum Gasteiger partial charge on any atom is 0.276 e. The van der Waals surface area contributed by atoms with Crippen LogP contribution in [0.2, 0.25) is 0 Å². The Balaban J connectivity index is 1.50. The Hall–Kier alpha value is -3.09. The second kappa shape index (κ2) is 7.03. The number of nitrogens with zero attached hydrogens (tertiary/aromatic N) is 4. The highest BCUT2D eigenvalue weighted by Gasteiger charge is 2.29. The Morgan fingerprint density at radius 1 is 1.23 bits per heavy atom. The van der Waals surface area contributed by atoms with Crippen LogP contribution in [-0.4, -0.2) is 39.0 Å². The van der Waals surface area contributed by atoms with E-state index in [4.69, 9.17) is 4.52 Å². The lowest BCUT2D eigenvalue weighted by molar-refractivity contribution is 0.0703. The lowest BCUT2D eigenvalue weighted by Crippen LogP contribution is -2.39. The van der Waals surface area contributed by atoms with Crippen LogP contribution in [0.4, 0.5) is 4.39 Å². The van der Waals surface area contributed by atoms with Gasteiger partial charge in [0.1, 0.15) is 11.5 Å². The SMILES string of the molecule is O=C(c1cccc(F)c1)N1CCC[C@@H](c2noc(-c3ccccn3)n2)C1. The van der Waals surface area contributed by atoms with Crippen LogP contribution in [0.3, 0.4) is 0 Å². The van der Waals surface area contributed by atoms with Gasteiger partial charge in [-0.15, -0.1) is 0 Å². The van der Waals surface area contributed by atoms with Crippen LogP contribution >= 0.6 is 0 Å². The van der Waals surface area contributed by atoms with Gasteiger partial charge in [-0.1, -0.05) is 17.3 Å². The summed E-state index contributed by atoms with van der Waals surface area (Å²) in [6.45, 7) is 1.12. The van der Waals surface area contributed by atoms with E-state index in [1.165, 1.54) is 12.1 Å². The highest BCUT2D eigenvalue weighted by molar-refractivity contribution is 5.94. The molecule has 26 heavy (non-hydrogen) atoms.